The molecule has 5 rings (SSSR count). The molecule has 0 radical (unpaired) electrons. The third-order valence-corrected chi connectivity index (χ3v) is 6.05. The fourth-order valence-corrected chi connectivity index (χ4v) is 4.05. The predicted octanol–water partition coefficient (Wildman–Crippen LogP) is 3.58. The normalized spacial score (nSPS) is 17.1. The van der Waals surface area contributed by atoms with Gasteiger partial charge in [-0.2, -0.15) is 18.2 Å². The van der Waals surface area contributed by atoms with Crippen LogP contribution in [0, 0.1) is 5.41 Å². The molecule has 2 aromatic heterocycles. The van der Waals surface area contributed by atoms with E-state index in [2.05, 4.69) is 15.3 Å². The van der Waals surface area contributed by atoms with Gasteiger partial charge in [-0.25, -0.2) is 4.98 Å². The van der Waals surface area contributed by atoms with Gasteiger partial charge in [-0.3, -0.25) is 9.20 Å². The number of nitrogen functional groups attached to an aromatic ring is 1. The van der Waals surface area contributed by atoms with E-state index >= 15 is 0 Å². The maximum absolute atomic E-state index is 13.1. The third kappa shape index (κ3) is 3.45. The number of rotatable bonds is 4. The summed E-state index contributed by atoms with van der Waals surface area (Å²) < 4.78 is 41.2. The average molecular weight is 430 g/mol. The highest BCUT2D eigenvalue weighted by atomic mass is 19.4. The van der Waals surface area contributed by atoms with E-state index in [9.17, 15) is 18.0 Å². The number of alkyl halides is 3. The molecule has 1 fully saturated rings. The Morgan fingerprint density at radius 3 is 2.74 bits per heavy atom. The fourth-order valence-electron chi connectivity index (χ4n) is 4.05. The van der Waals surface area contributed by atoms with E-state index in [1.165, 1.54) is 6.07 Å². The van der Waals surface area contributed by atoms with Crippen molar-refractivity contribution >= 4 is 23.2 Å². The lowest BCUT2D eigenvalue weighted by Gasteiger charge is -2.19. The number of fused-ring (bicyclic) bond motifs is 3. The topological polar surface area (TPSA) is 88.5 Å². The molecule has 1 aliphatic heterocycles. The van der Waals surface area contributed by atoms with Gasteiger partial charge < -0.3 is 16.0 Å². The predicted molar refractivity (Wildman–Crippen MR) is 108 cm³/mol. The number of anilines is 2. The Labute approximate surface area is 176 Å². The van der Waals surface area contributed by atoms with E-state index in [1.807, 2.05) is 16.2 Å². The number of carbonyl (C=O) groups excluding carboxylic acids is 1. The summed E-state index contributed by atoms with van der Waals surface area (Å²) in [5, 5.41) is 3.14. The second kappa shape index (κ2) is 6.60. The molecule has 3 aromatic rings. The molecule has 1 saturated carbocycles. The van der Waals surface area contributed by atoms with Gasteiger partial charge >= 0.3 is 6.18 Å². The summed E-state index contributed by atoms with van der Waals surface area (Å²) >= 11 is 0. The number of halogens is 3. The van der Waals surface area contributed by atoms with Crippen LogP contribution in [0.2, 0.25) is 0 Å². The Bertz CT molecular complexity index is 1200. The van der Waals surface area contributed by atoms with E-state index in [-0.39, 0.29) is 23.6 Å². The first-order valence-corrected chi connectivity index (χ1v) is 9.99. The maximum atomic E-state index is 13.1. The van der Waals surface area contributed by atoms with Crippen LogP contribution in [-0.4, -0.2) is 25.2 Å². The standard InChI is InChI=1S/C21H21F3N6O/c1-20(2-3-20)18(31)29-10-15-16(11-29)30-5-4-26-19(30)28-17(15)27-9-12-6-13(21(22,23)24)8-14(25)7-12/h4-8H,2-3,9-11,25H2,1H3,(H,26,27,28). The van der Waals surface area contributed by atoms with Crippen LogP contribution in [0.3, 0.4) is 0 Å². The van der Waals surface area contributed by atoms with Gasteiger partial charge in [0.25, 0.3) is 0 Å². The Kier molecular flexibility index (Phi) is 4.18. The van der Waals surface area contributed by atoms with Crippen LogP contribution in [0.25, 0.3) is 5.78 Å². The second-order valence-corrected chi connectivity index (χ2v) is 8.52. The highest BCUT2D eigenvalue weighted by Gasteiger charge is 2.48. The quantitative estimate of drug-likeness (QED) is 0.618. The minimum atomic E-state index is -4.47. The van der Waals surface area contributed by atoms with Crippen molar-refractivity contribution in [2.24, 2.45) is 5.41 Å². The fraction of sp³-hybridized carbons (Fsp3) is 0.381. The van der Waals surface area contributed by atoms with Crippen LogP contribution in [0.1, 0.15) is 42.1 Å². The number of nitrogens with zero attached hydrogens (tertiary/aromatic N) is 4. The molecule has 0 atom stereocenters. The molecule has 31 heavy (non-hydrogen) atoms. The third-order valence-electron chi connectivity index (χ3n) is 6.05. The molecule has 162 valence electrons. The summed E-state index contributed by atoms with van der Waals surface area (Å²) in [7, 11) is 0. The van der Waals surface area contributed by atoms with Crippen LogP contribution < -0.4 is 11.1 Å². The van der Waals surface area contributed by atoms with Gasteiger partial charge in [0.05, 0.1) is 24.3 Å². The number of benzene rings is 1. The zero-order chi connectivity index (χ0) is 22.0. The molecule has 1 aromatic carbocycles. The van der Waals surface area contributed by atoms with Gasteiger partial charge in [0.2, 0.25) is 11.7 Å². The number of amides is 1. The molecule has 3 heterocycles. The minimum absolute atomic E-state index is 0.0444. The Balaban J connectivity index is 1.45. The maximum Gasteiger partial charge on any atom is 0.416 e. The molecule has 3 N–H and O–H groups in total. The molecule has 1 aliphatic carbocycles. The monoisotopic (exact) mass is 430 g/mol. The van der Waals surface area contributed by atoms with Crippen molar-refractivity contribution in [2.45, 2.75) is 45.6 Å². The van der Waals surface area contributed by atoms with Crippen molar-refractivity contribution in [1.82, 2.24) is 19.3 Å². The van der Waals surface area contributed by atoms with Gasteiger partial charge in [-0.15, -0.1) is 0 Å². The first kappa shape index (κ1) is 19.7. The molecule has 0 bridgehead atoms. The summed E-state index contributed by atoms with van der Waals surface area (Å²) in [5.74, 6) is 1.10. The number of nitrogens with two attached hydrogens (primary N) is 1. The van der Waals surface area contributed by atoms with Gasteiger partial charge in [0.1, 0.15) is 5.82 Å². The number of hydrogen-bond donors (Lipinski definition) is 2. The van der Waals surface area contributed by atoms with Gasteiger partial charge in [0.15, 0.2) is 0 Å². The van der Waals surface area contributed by atoms with E-state index in [0.717, 1.165) is 36.2 Å². The highest BCUT2D eigenvalue weighted by Crippen LogP contribution is 2.48. The largest absolute Gasteiger partial charge is 0.416 e. The number of carbonyl (C=O) groups is 1. The lowest BCUT2D eigenvalue weighted by atomic mass is 10.1. The number of imidazole rings is 1. The number of nitrogens with one attached hydrogen (secondary N) is 1. The van der Waals surface area contributed by atoms with Crippen LogP contribution in [0.15, 0.2) is 30.6 Å². The second-order valence-electron chi connectivity index (χ2n) is 8.52. The van der Waals surface area contributed by atoms with E-state index in [4.69, 9.17) is 5.73 Å². The van der Waals surface area contributed by atoms with E-state index in [0.29, 0.717) is 30.2 Å². The smallest absolute Gasteiger partial charge is 0.399 e. The van der Waals surface area contributed by atoms with Crippen molar-refractivity contribution in [2.75, 3.05) is 11.1 Å². The molecular weight excluding hydrogens is 409 g/mol. The van der Waals surface area contributed by atoms with Crippen molar-refractivity contribution < 1.29 is 18.0 Å². The molecular formula is C21H21F3N6O. The molecule has 7 nitrogen and oxygen atoms in total. The molecule has 0 unspecified atom stereocenters. The summed E-state index contributed by atoms with van der Waals surface area (Å²) in [6, 6.07) is 3.49. The summed E-state index contributed by atoms with van der Waals surface area (Å²) in [4.78, 5) is 23.5. The molecule has 0 spiro atoms. The van der Waals surface area contributed by atoms with Crippen molar-refractivity contribution in [3.05, 3.63) is 53.0 Å². The summed E-state index contributed by atoms with van der Waals surface area (Å²) in [6.45, 7) is 2.93. The van der Waals surface area contributed by atoms with Crippen LogP contribution >= 0.6 is 0 Å². The first-order chi connectivity index (χ1) is 14.6. The van der Waals surface area contributed by atoms with Crippen molar-refractivity contribution in [1.29, 1.82) is 0 Å². The van der Waals surface area contributed by atoms with Crippen LogP contribution in [0.4, 0.5) is 24.7 Å². The molecule has 0 saturated heterocycles. The Hall–Kier alpha value is -3.30. The van der Waals surface area contributed by atoms with Crippen molar-refractivity contribution in [3.8, 4) is 0 Å². The minimum Gasteiger partial charge on any atom is -0.399 e. The van der Waals surface area contributed by atoms with Gasteiger partial charge in [-0.1, -0.05) is 6.92 Å². The first-order valence-electron chi connectivity index (χ1n) is 9.99. The van der Waals surface area contributed by atoms with Crippen LogP contribution in [-0.2, 0) is 30.6 Å². The Morgan fingerprint density at radius 1 is 1.26 bits per heavy atom. The van der Waals surface area contributed by atoms with Crippen LogP contribution in [0.5, 0.6) is 0 Å². The summed E-state index contributed by atoms with van der Waals surface area (Å²) in [6.07, 6.45) is 0.731. The average Bonchev–Trinajstić information content (AvgIpc) is 3.12. The van der Waals surface area contributed by atoms with Crippen molar-refractivity contribution in [3.63, 3.8) is 0 Å². The molecule has 2 aliphatic rings. The zero-order valence-electron chi connectivity index (χ0n) is 16.8. The lowest BCUT2D eigenvalue weighted by Crippen LogP contribution is -2.31. The van der Waals surface area contributed by atoms with E-state index in [1.54, 1.807) is 12.4 Å². The highest BCUT2D eigenvalue weighted by molar-refractivity contribution is 5.85. The van der Waals surface area contributed by atoms with Gasteiger partial charge in [-0.05, 0) is 36.6 Å². The summed E-state index contributed by atoms with van der Waals surface area (Å²) in [5.41, 5.74) is 6.79. The molecule has 10 heteroatoms. The Morgan fingerprint density at radius 2 is 2.03 bits per heavy atom. The van der Waals surface area contributed by atoms with Gasteiger partial charge in [0, 0.05) is 35.6 Å². The zero-order valence-corrected chi connectivity index (χ0v) is 16.8. The SMILES string of the molecule is CC1(C(=O)N2Cc3c(NCc4cc(N)cc(C(F)(F)F)c4)nc4nccn4c3C2)CC1. The number of hydrogen-bond acceptors (Lipinski definition) is 5. The number of aromatic nitrogens is 3. The molecule has 1 amide bonds. The van der Waals surface area contributed by atoms with E-state index < -0.39 is 11.7 Å². The lowest BCUT2D eigenvalue weighted by molar-refractivity contribution is -0.138.